The van der Waals surface area contributed by atoms with Gasteiger partial charge in [0.2, 0.25) is 0 Å². The molecule has 2 aromatic rings. The monoisotopic (exact) mass is 285 g/mol. The number of unbranched alkanes of at least 4 members (excludes halogenated alkanes) is 1. The van der Waals surface area contributed by atoms with Crippen LogP contribution in [0.5, 0.6) is 0 Å². The van der Waals surface area contributed by atoms with Crippen LogP contribution in [0, 0.1) is 0 Å². The van der Waals surface area contributed by atoms with Gasteiger partial charge in [0.05, 0.1) is 5.56 Å². The second kappa shape index (κ2) is 7.62. The first kappa shape index (κ1) is 15.3. The molecule has 1 amide bonds. The average Bonchev–Trinajstić information content (AvgIpc) is 2.52. The topological polar surface area (TPSA) is 54.0 Å². The number of carbonyl (C=O) groups is 1. The molecular formula is C17H23N3O. The van der Waals surface area contributed by atoms with Gasteiger partial charge in [-0.3, -0.25) is 4.79 Å². The van der Waals surface area contributed by atoms with Crippen molar-refractivity contribution in [1.29, 1.82) is 0 Å². The Morgan fingerprint density at radius 3 is 2.57 bits per heavy atom. The molecule has 112 valence electrons. The van der Waals surface area contributed by atoms with E-state index in [4.69, 9.17) is 0 Å². The summed E-state index contributed by atoms with van der Waals surface area (Å²) in [4.78, 5) is 16.7. The summed E-state index contributed by atoms with van der Waals surface area (Å²) in [5.74, 6) is 0.798. The number of pyridine rings is 1. The number of anilines is 1. The van der Waals surface area contributed by atoms with Crippen LogP contribution in [0.4, 0.5) is 5.82 Å². The Morgan fingerprint density at radius 2 is 1.86 bits per heavy atom. The molecule has 1 heterocycles. The van der Waals surface area contributed by atoms with Gasteiger partial charge in [0.15, 0.2) is 0 Å². The van der Waals surface area contributed by atoms with Crippen LogP contribution in [0.2, 0.25) is 0 Å². The molecule has 0 aliphatic carbocycles. The van der Waals surface area contributed by atoms with Crippen molar-refractivity contribution in [2.24, 2.45) is 0 Å². The molecule has 0 saturated carbocycles. The van der Waals surface area contributed by atoms with Crippen molar-refractivity contribution in [3.63, 3.8) is 0 Å². The molecule has 0 aliphatic heterocycles. The third kappa shape index (κ3) is 3.72. The SMILES string of the molecule is CCCCNC(=O)c1cnc(NCCC)c2ccccc12. The summed E-state index contributed by atoms with van der Waals surface area (Å²) in [5, 5.41) is 8.21. The van der Waals surface area contributed by atoms with Crippen LogP contribution >= 0.6 is 0 Å². The van der Waals surface area contributed by atoms with Crippen LogP contribution < -0.4 is 10.6 Å². The van der Waals surface area contributed by atoms with E-state index in [2.05, 4.69) is 29.5 Å². The zero-order chi connectivity index (χ0) is 15.1. The van der Waals surface area contributed by atoms with Crippen molar-refractivity contribution in [3.8, 4) is 0 Å². The van der Waals surface area contributed by atoms with Gasteiger partial charge in [0.25, 0.3) is 5.91 Å². The van der Waals surface area contributed by atoms with Crippen LogP contribution in [0.3, 0.4) is 0 Å². The molecule has 0 saturated heterocycles. The summed E-state index contributed by atoms with van der Waals surface area (Å²) >= 11 is 0. The number of hydrogen-bond acceptors (Lipinski definition) is 3. The van der Waals surface area contributed by atoms with Crippen molar-refractivity contribution in [2.75, 3.05) is 18.4 Å². The minimum absolute atomic E-state index is 0.0470. The fraction of sp³-hybridized carbons (Fsp3) is 0.412. The molecule has 1 aromatic carbocycles. The highest BCUT2D eigenvalue weighted by Gasteiger charge is 2.12. The van der Waals surface area contributed by atoms with Gasteiger partial charge in [-0.2, -0.15) is 0 Å². The van der Waals surface area contributed by atoms with E-state index in [1.165, 1.54) is 0 Å². The van der Waals surface area contributed by atoms with Crippen LogP contribution in [-0.2, 0) is 0 Å². The molecule has 21 heavy (non-hydrogen) atoms. The van der Waals surface area contributed by atoms with Gasteiger partial charge in [-0.15, -0.1) is 0 Å². The quantitative estimate of drug-likeness (QED) is 0.764. The maximum atomic E-state index is 12.3. The van der Waals surface area contributed by atoms with E-state index in [-0.39, 0.29) is 5.91 Å². The van der Waals surface area contributed by atoms with Gasteiger partial charge < -0.3 is 10.6 Å². The summed E-state index contributed by atoms with van der Waals surface area (Å²) < 4.78 is 0. The van der Waals surface area contributed by atoms with E-state index < -0.39 is 0 Å². The van der Waals surface area contributed by atoms with Crippen LogP contribution in [0.1, 0.15) is 43.5 Å². The summed E-state index contributed by atoms with van der Waals surface area (Å²) in [6.45, 7) is 5.81. The molecule has 2 rings (SSSR count). The highest BCUT2D eigenvalue weighted by atomic mass is 16.1. The Hall–Kier alpha value is -2.10. The van der Waals surface area contributed by atoms with Gasteiger partial charge in [0, 0.05) is 24.7 Å². The molecule has 1 aromatic heterocycles. The summed E-state index contributed by atoms with van der Waals surface area (Å²) in [6.07, 6.45) is 4.77. The van der Waals surface area contributed by atoms with Crippen molar-refractivity contribution < 1.29 is 4.79 Å². The number of amides is 1. The summed E-state index contributed by atoms with van der Waals surface area (Å²) in [6, 6.07) is 7.90. The fourth-order valence-corrected chi connectivity index (χ4v) is 2.23. The Morgan fingerprint density at radius 1 is 1.10 bits per heavy atom. The van der Waals surface area contributed by atoms with Crippen molar-refractivity contribution in [3.05, 3.63) is 36.0 Å². The number of nitrogens with one attached hydrogen (secondary N) is 2. The lowest BCUT2D eigenvalue weighted by Gasteiger charge is -2.11. The number of hydrogen-bond donors (Lipinski definition) is 2. The zero-order valence-corrected chi connectivity index (χ0v) is 12.8. The molecule has 0 aliphatic rings. The van der Waals surface area contributed by atoms with Crippen molar-refractivity contribution in [2.45, 2.75) is 33.1 Å². The standard InChI is InChI=1S/C17H23N3O/c1-3-5-11-19-17(21)15-12-20-16(18-10-4-2)14-9-7-6-8-13(14)15/h6-9,12H,3-5,10-11H2,1-2H3,(H,18,20)(H,19,21). The molecule has 2 N–H and O–H groups in total. The largest absolute Gasteiger partial charge is 0.370 e. The third-order valence-corrected chi connectivity index (χ3v) is 3.40. The van der Waals surface area contributed by atoms with E-state index in [1.807, 2.05) is 24.3 Å². The lowest BCUT2D eigenvalue weighted by atomic mass is 10.1. The van der Waals surface area contributed by atoms with Crippen LogP contribution in [0.25, 0.3) is 10.8 Å². The minimum atomic E-state index is -0.0470. The molecule has 0 bridgehead atoms. The minimum Gasteiger partial charge on any atom is -0.370 e. The second-order valence-corrected chi connectivity index (χ2v) is 5.10. The Kier molecular flexibility index (Phi) is 5.55. The molecule has 0 fully saturated rings. The van der Waals surface area contributed by atoms with E-state index in [9.17, 15) is 4.79 Å². The van der Waals surface area contributed by atoms with Gasteiger partial charge in [-0.25, -0.2) is 4.98 Å². The second-order valence-electron chi connectivity index (χ2n) is 5.10. The molecule has 0 radical (unpaired) electrons. The molecule has 4 nitrogen and oxygen atoms in total. The molecule has 0 spiro atoms. The van der Waals surface area contributed by atoms with E-state index in [0.29, 0.717) is 12.1 Å². The molecular weight excluding hydrogens is 262 g/mol. The summed E-state index contributed by atoms with van der Waals surface area (Å²) in [5.41, 5.74) is 0.642. The fourth-order valence-electron chi connectivity index (χ4n) is 2.23. The predicted molar refractivity (Wildman–Crippen MR) is 87.8 cm³/mol. The Labute approximate surface area is 126 Å². The van der Waals surface area contributed by atoms with Gasteiger partial charge in [-0.05, 0) is 18.2 Å². The smallest absolute Gasteiger partial charge is 0.253 e. The lowest BCUT2D eigenvalue weighted by molar-refractivity contribution is 0.0954. The highest BCUT2D eigenvalue weighted by molar-refractivity contribution is 6.09. The molecule has 0 atom stereocenters. The highest BCUT2D eigenvalue weighted by Crippen LogP contribution is 2.24. The molecule has 0 unspecified atom stereocenters. The van der Waals surface area contributed by atoms with Gasteiger partial charge in [0.1, 0.15) is 5.82 Å². The predicted octanol–water partition coefficient (Wildman–Crippen LogP) is 3.59. The van der Waals surface area contributed by atoms with E-state index in [1.54, 1.807) is 6.20 Å². The van der Waals surface area contributed by atoms with Gasteiger partial charge >= 0.3 is 0 Å². The summed E-state index contributed by atoms with van der Waals surface area (Å²) in [7, 11) is 0. The maximum Gasteiger partial charge on any atom is 0.253 e. The first-order valence-corrected chi connectivity index (χ1v) is 7.67. The zero-order valence-electron chi connectivity index (χ0n) is 12.8. The number of rotatable bonds is 7. The number of nitrogens with zero attached hydrogens (tertiary/aromatic N) is 1. The average molecular weight is 285 g/mol. The van der Waals surface area contributed by atoms with Crippen LogP contribution in [-0.4, -0.2) is 24.0 Å². The van der Waals surface area contributed by atoms with Crippen molar-refractivity contribution >= 4 is 22.5 Å². The third-order valence-electron chi connectivity index (χ3n) is 3.40. The maximum absolute atomic E-state index is 12.3. The van der Waals surface area contributed by atoms with Crippen LogP contribution in [0.15, 0.2) is 30.5 Å². The number of benzene rings is 1. The lowest BCUT2D eigenvalue weighted by Crippen LogP contribution is -2.24. The Bertz CT molecular complexity index is 610. The molecule has 4 heteroatoms. The number of fused-ring (bicyclic) bond motifs is 1. The Balaban J connectivity index is 2.31. The van der Waals surface area contributed by atoms with Gasteiger partial charge in [-0.1, -0.05) is 44.5 Å². The first-order valence-electron chi connectivity index (χ1n) is 7.67. The number of carbonyl (C=O) groups excluding carboxylic acids is 1. The van der Waals surface area contributed by atoms with E-state index in [0.717, 1.165) is 42.4 Å². The van der Waals surface area contributed by atoms with Crippen molar-refractivity contribution in [1.82, 2.24) is 10.3 Å². The first-order chi connectivity index (χ1) is 10.3. The number of aromatic nitrogens is 1. The normalized spacial score (nSPS) is 10.6. The van der Waals surface area contributed by atoms with E-state index >= 15 is 0 Å².